The molecule has 0 atom stereocenters. The number of unbranched alkanes of at least 4 members (excludes halogenated alkanes) is 2. The molecule has 0 aliphatic carbocycles. The molecule has 1 aromatic heterocycles. The second-order valence-electron chi connectivity index (χ2n) is 4.23. The molecule has 1 rings (SSSR count). The van der Waals surface area contributed by atoms with Gasteiger partial charge in [0.25, 0.3) is 5.91 Å². The van der Waals surface area contributed by atoms with Crippen LogP contribution in [0.15, 0.2) is 12.1 Å². The zero-order valence-corrected chi connectivity index (χ0v) is 11.8. The lowest BCUT2D eigenvalue weighted by Gasteiger charge is -2.06. The van der Waals surface area contributed by atoms with Crippen LogP contribution in [0.3, 0.4) is 0 Å². The van der Waals surface area contributed by atoms with E-state index in [1.165, 1.54) is 12.2 Å². The Hall–Kier alpha value is -1.23. The van der Waals surface area contributed by atoms with E-state index >= 15 is 0 Å². The number of nitrogens with zero attached hydrogens (tertiary/aromatic N) is 1. The van der Waals surface area contributed by atoms with Gasteiger partial charge in [-0.2, -0.15) is 11.8 Å². The molecule has 100 valence electrons. The number of nitrogens with one attached hydrogen (secondary N) is 1. The summed E-state index contributed by atoms with van der Waals surface area (Å²) in [4.78, 5) is 15.9. The molecule has 0 radical (unpaired) electrons. The maximum Gasteiger partial charge on any atom is 0.251 e. The van der Waals surface area contributed by atoms with Crippen molar-refractivity contribution in [3.05, 3.63) is 23.4 Å². The number of carbonyl (C=O) groups excluding carboxylic acids is 1. The van der Waals surface area contributed by atoms with Crippen LogP contribution in [0.25, 0.3) is 0 Å². The van der Waals surface area contributed by atoms with Gasteiger partial charge in [0, 0.05) is 17.8 Å². The minimum Gasteiger partial charge on any atom is -0.384 e. The molecule has 1 heterocycles. The van der Waals surface area contributed by atoms with E-state index in [0.717, 1.165) is 18.5 Å². The van der Waals surface area contributed by atoms with Crippen molar-refractivity contribution in [3.8, 4) is 0 Å². The highest BCUT2D eigenvalue weighted by atomic mass is 32.2. The van der Waals surface area contributed by atoms with Crippen molar-refractivity contribution in [2.45, 2.75) is 26.2 Å². The highest BCUT2D eigenvalue weighted by Crippen LogP contribution is 2.07. The minimum absolute atomic E-state index is 0.0722. The molecule has 3 N–H and O–H groups in total. The summed E-state index contributed by atoms with van der Waals surface area (Å²) in [6.45, 7) is 2.55. The fraction of sp³-hybridized carbons (Fsp3) is 0.538. The second kappa shape index (κ2) is 7.97. The SMILES string of the molecule is CSCCCCCNC(=O)c1cc(C)nc(N)c1. The number of hydrogen-bond acceptors (Lipinski definition) is 4. The van der Waals surface area contributed by atoms with Crippen LogP contribution in [0, 0.1) is 6.92 Å². The van der Waals surface area contributed by atoms with E-state index in [1.54, 1.807) is 12.1 Å². The van der Waals surface area contributed by atoms with Gasteiger partial charge in [0.1, 0.15) is 5.82 Å². The summed E-state index contributed by atoms with van der Waals surface area (Å²) in [5.74, 6) is 1.51. The van der Waals surface area contributed by atoms with E-state index in [9.17, 15) is 4.79 Å². The monoisotopic (exact) mass is 267 g/mol. The van der Waals surface area contributed by atoms with Crippen molar-refractivity contribution in [1.29, 1.82) is 0 Å². The third-order valence-corrected chi connectivity index (χ3v) is 3.24. The van der Waals surface area contributed by atoms with Crippen LogP contribution >= 0.6 is 11.8 Å². The molecular weight excluding hydrogens is 246 g/mol. The van der Waals surface area contributed by atoms with E-state index in [2.05, 4.69) is 16.6 Å². The van der Waals surface area contributed by atoms with Crippen molar-refractivity contribution in [3.63, 3.8) is 0 Å². The molecule has 0 saturated carbocycles. The fourth-order valence-electron chi connectivity index (χ4n) is 1.68. The third-order valence-electron chi connectivity index (χ3n) is 2.55. The summed E-state index contributed by atoms with van der Waals surface area (Å²) in [5, 5.41) is 2.90. The van der Waals surface area contributed by atoms with E-state index in [-0.39, 0.29) is 5.91 Å². The van der Waals surface area contributed by atoms with E-state index in [0.29, 0.717) is 17.9 Å². The lowest BCUT2D eigenvalue weighted by Crippen LogP contribution is -2.24. The van der Waals surface area contributed by atoms with Crippen LogP contribution in [0.1, 0.15) is 35.3 Å². The Morgan fingerprint density at radius 2 is 2.17 bits per heavy atom. The molecule has 0 unspecified atom stereocenters. The number of aromatic nitrogens is 1. The smallest absolute Gasteiger partial charge is 0.251 e. The topological polar surface area (TPSA) is 68.0 Å². The second-order valence-corrected chi connectivity index (χ2v) is 5.22. The van der Waals surface area contributed by atoms with Crippen molar-refractivity contribution in [2.24, 2.45) is 0 Å². The van der Waals surface area contributed by atoms with Gasteiger partial charge in [-0.05, 0) is 43.9 Å². The average Bonchev–Trinajstić information content (AvgIpc) is 2.32. The first-order chi connectivity index (χ1) is 8.63. The Balaban J connectivity index is 2.32. The van der Waals surface area contributed by atoms with E-state index < -0.39 is 0 Å². The van der Waals surface area contributed by atoms with Gasteiger partial charge in [-0.25, -0.2) is 4.98 Å². The number of aryl methyl sites for hydroxylation is 1. The van der Waals surface area contributed by atoms with Gasteiger partial charge >= 0.3 is 0 Å². The molecule has 0 aromatic carbocycles. The highest BCUT2D eigenvalue weighted by Gasteiger charge is 2.06. The van der Waals surface area contributed by atoms with Crippen LogP contribution in [-0.2, 0) is 0 Å². The summed E-state index contributed by atoms with van der Waals surface area (Å²) in [6.07, 6.45) is 5.49. The third kappa shape index (κ3) is 5.40. The largest absolute Gasteiger partial charge is 0.384 e. The summed E-state index contributed by atoms with van der Waals surface area (Å²) in [7, 11) is 0. The highest BCUT2D eigenvalue weighted by molar-refractivity contribution is 7.98. The maximum absolute atomic E-state index is 11.8. The quantitative estimate of drug-likeness (QED) is 0.743. The van der Waals surface area contributed by atoms with Crippen molar-refractivity contribution >= 4 is 23.5 Å². The summed E-state index contributed by atoms with van der Waals surface area (Å²) in [5.41, 5.74) is 6.96. The molecule has 4 nitrogen and oxygen atoms in total. The number of nitrogens with two attached hydrogens (primary N) is 1. The maximum atomic E-state index is 11.8. The molecule has 0 aliphatic heterocycles. The number of anilines is 1. The predicted octanol–water partition coefficient (Wildman–Crippen LogP) is 2.24. The lowest BCUT2D eigenvalue weighted by atomic mass is 10.2. The van der Waals surface area contributed by atoms with Gasteiger partial charge in [-0.1, -0.05) is 6.42 Å². The van der Waals surface area contributed by atoms with Crippen LogP contribution in [0.5, 0.6) is 0 Å². The molecule has 5 heteroatoms. The van der Waals surface area contributed by atoms with Crippen LogP contribution in [0.2, 0.25) is 0 Å². The van der Waals surface area contributed by atoms with Crippen LogP contribution < -0.4 is 11.1 Å². The summed E-state index contributed by atoms with van der Waals surface area (Å²) < 4.78 is 0. The first kappa shape index (κ1) is 14.8. The minimum atomic E-state index is -0.0722. The normalized spacial score (nSPS) is 10.3. The Morgan fingerprint density at radius 3 is 2.83 bits per heavy atom. The van der Waals surface area contributed by atoms with E-state index in [4.69, 9.17) is 5.73 Å². The number of rotatable bonds is 7. The molecule has 18 heavy (non-hydrogen) atoms. The van der Waals surface area contributed by atoms with Crippen molar-refractivity contribution < 1.29 is 4.79 Å². The Bertz CT molecular complexity index is 376. The molecule has 0 spiro atoms. The molecule has 0 aliphatic rings. The number of nitrogen functional groups attached to an aromatic ring is 1. The fourth-order valence-corrected chi connectivity index (χ4v) is 2.17. The molecular formula is C13H21N3OS. The molecule has 1 amide bonds. The number of carbonyl (C=O) groups is 1. The number of pyridine rings is 1. The van der Waals surface area contributed by atoms with Gasteiger partial charge in [0.15, 0.2) is 0 Å². The lowest BCUT2D eigenvalue weighted by molar-refractivity contribution is 0.0953. The van der Waals surface area contributed by atoms with Crippen molar-refractivity contribution in [1.82, 2.24) is 10.3 Å². The number of hydrogen-bond donors (Lipinski definition) is 2. The number of amides is 1. The van der Waals surface area contributed by atoms with Crippen LogP contribution in [-0.4, -0.2) is 29.4 Å². The standard InChI is InChI=1S/C13H21N3OS/c1-10-8-11(9-12(14)16-10)13(17)15-6-4-3-5-7-18-2/h8-9H,3-7H2,1-2H3,(H2,14,16)(H,15,17). The average molecular weight is 267 g/mol. The Morgan fingerprint density at radius 1 is 1.39 bits per heavy atom. The predicted molar refractivity (Wildman–Crippen MR) is 78.0 cm³/mol. The zero-order chi connectivity index (χ0) is 13.4. The van der Waals surface area contributed by atoms with Crippen molar-refractivity contribution in [2.75, 3.05) is 24.3 Å². The Kier molecular flexibility index (Phi) is 6.57. The van der Waals surface area contributed by atoms with Gasteiger partial charge in [0.2, 0.25) is 0 Å². The van der Waals surface area contributed by atoms with Gasteiger partial charge in [-0.3, -0.25) is 4.79 Å². The van der Waals surface area contributed by atoms with Gasteiger partial charge < -0.3 is 11.1 Å². The molecule has 0 saturated heterocycles. The van der Waals surface area contributed by atoms with Gasteiger partial charge in [0.05, 0.1) is 0 Å². The first-order valence-electron chi connectivity index (χ1n) is 6.15. The Labute approximate surface area is 113 Å². The molecule has 0 fully saturated rings. The van der Waals surface area contributed by atoms with Crippen LogP contribution in [0.4, 0.5) is 5.82 Å². The first-order valence-corrected chi connectivity index (χ1v) is 7.54. The summed E-state index contributed by atoms with van der Waals surface area (Å²) >= 11 is 1.86. The molecule has 0 bridgehead atoms. The zero-order valence-electron chi connectivity index (χ0n) is 11.0. The van der Waals surface area contributed by atoms with Gasteiger partial charge in [-0.15, -0.1) is 0 Å². The molecule has 1 aromatic rings. The van der Waals surface area contributed by atoms with E-state index in [1.807, 2.05) is 18.7 Å². The summed E-state index contributed by atoms with van der Waals surface area (Å²) in [6, 6.07) is 3.36. The number of thioether (sulfide) groups is 1.